The van der Waals surface area contributed by atoms with E-state index in [2.05, 4.69) is 10.2 Å². The van der Waals surface area contributed by atoms with Gasteiger partial charge in [0.1, 0.15) is 17.0 Å². The highest BCUT2D eigenvalue weighted by molar-refractivity contribution is 5.99. The monoisotopic (exact) mass is 457 g/mol. The molecule has 2 aliphatic heterocycles. The van der Waals surface area contributed by atoms with Crippen LogP contribution < -0.4 is 14.8 Å². The summed E-state index contributed by atoms with van der Waals surface area (Å²) in [5, 5.41) is 3.10. The third-order valence-electron chi connectivity index (χ3n) is 8.05. The number of piperidine rings is 2. The molecule has 3 fully saturated rings. The van der Waals surface area contributed by atoms with E-state index in [1.54, 1.807) is 32.4 Å². The van der Waals surface area contributed by atoms with Crippen LogP contribution in [0.3, 0.4) is 0 Å². The largest absolute Gasteiger partial charge is 0.497 e. The molecule has 2 atom stereocenters. The Morgan fingerprint density at radius 1 is 1.03 bits per heavy atom. The number of hydrogen-bond acceptors (Lipinski definition) is 5. The average Bonchev–Trinajstić information content (AvgIpc) is 2.87. The number of nitrogens with zero attached hydrogens (tertiary/aromatic N) is 2. The number of amides is 2. The minimum Gasteiger partial charge on any atom is -0.497 e. The maximum absolute atomic E-state index is 13.8. The molecule has 33 heavy (non-hydrogen) atoms. The van der Waals surface area contributed by atoms with Crippen LogP contribution in [-0.2, 0) is 9.59 Å². The van der Waals surface area contributed by atoms with Gasteiger partial charge in [0.25, 0.3) is 0 Å². The zero-order chi connectivity index (χ0) is 23.3. The Bertz CT molecular complexity index is 800. The molecule has 0 radical (unpaired) electrons. The van der Waals surface area contributed by atoms with E-state index < -0.39 is 5.54 Å². The van der Waals surface area contributed by atoms with Gasteiger partial charge in [0.05, 0.1) is 14.2 Å². The zero-order valence-electron chi connectivity index (χ0n) is 20.2. The Balaban J connectivity index is 1.56. The van der Waals surface area contributed by atoms with Gasteiger partial charge in [-0.05, 0) is 57.5 Å². The van der Waals surface area contributed by atoms with Crippen molar-refractivity contribution in [2.75, 3.05) is 39.2 Å². The highest BCUT2D eigenvalue weighted by Crippen LogP contribution is 2.38. The number of hydrogen-bond donors (Lipinski definition) is 1. The first-order valence-corrected chi connectivity index (χ1v) is 12.6. The van der Waals surface area contributed by atoms with E-state index in [1.165, 1.54) is 38.8 Å². The maximum atomic E-state index is 13.8. The summed E-state index contributed by atoms with van der Waals surface area (Å²) in [7, 11) is 3.19. The molecule has 0 spiro atoms. The quantitative estimate of drug-likeness (QED) is 0.596. The summed E-state index contributed by atoms with van der Waals surface area (Å²) in [5.74, 6) is 1.58. The SMILES string of the molecule is COc1cc(NC(=O)C2(N(C=O)C[C@@H]3CCCN4CCCC[C@H]34)CCCCC2)cc(OC)c1. The number of methoxy groups -OCH3 is 2. The molecule has 1 aliphatic carbocycles. The highest BCUT2D eigenvalue weighted by Gasteiger charge is 2.46. The first-order chi connectivity index (χ1) is 16.1. The fraction of sp³-hybridized carbons (Fsp3) is 0.692. The number of ether oxygens (including phenoxy) is 2. The Labute approximate surface area is 197 Å². The lowest BCUT2D eigenvalue weighted by Crippen LogP contribution is -2.60. The van der Waals surface area contributed by atoms with E-state index in [0.29, 0.717) is 48.5 Å². The summed E-state index contributed by atoms with van der Waals surface area (Å²) in [6, 6.07) is 5.91. The number of benzene rings is 1. The number of anilines is 1. The van der Waals surface area contributed by atoms with Crippen LogP contribution >= 0.6 is 0 Å². The molecule has 4 rings (SSSR count). The van der Waals surface area contributed by atoms with E-state index in [4.69, 9.17) is 9.47 Å². The fourth-order valence-corrected chi connectivity index (χ4v) is 6.27. The van der Waals surface area contributed by atoms with Gasteiger partial charge in [0.2, 0.25) is 12.3 Å². The van der Waals surface area contributed by atoms with Crippen LogP contribution in [0.1, 0.15) is 64.2 Å². The van der Waals surface area contributed by atoms with Crippen molar-refractivity contribution in [2.45, 2.75) is 75.8 Å². The van der Waals surface area contributed by atoms with E-state index in [9.17, 15) is 9.59 Å². The molecule has 0 bridgehead atoms. The second-order valence-electron chi connectivity index (χ2n) is 9.91. The summed E-state index contributed by atoms with van der Waals surface area (Å²) in [6.07, 6.45) is 11.4. The predicted molar refractivity (Wildman–Crippen MR) is 129 cm³/mol. The molecule has 0 aromatic heterocycles. The average molecular weight is 458 g/mol. The van der Waals surface area contributed by atoms with E-state index in [0.717, 1.165) is 32.1 Å². The molecule has 2 amide bonds. The molecular formula is C26H39N3O4. The molecule has 1 N–H and O–H groups in total. The first-order valence-electron chi connectivity index (χ1n) is 12.6. The third kappa shape index (κ3) is 5.13. The van der Waals surface area contributed by atoms with Gasteiger partial charge in [-0.25, -0.2) is 0 Å². The van der Waals surface area contributed by atoms with Gasteiger partial charge >= 0.3 is 0 Å². The molecule has 182 valence electrons. The summed E-state index contributed by atoms with van der Waals surface area (Å²) >= 11 is 0. The number of carbonyl (C=O) groups is 2. The van der Waals surface area contributed by atoms with E-state index in [1.807, 2.05) is 4.90 Å². The number of rotatable bonds is 8. The Hall–Kier alpha value is -2.28. The first kappa shape index (κ1) is 23.9. The Morgan fingerprint density at radius 3 is 2.39 bits per heavy atom. The minimum atomic E-state index is -0.798. The lowest BCUT2D eigenvalue weighted by molar-refractivity contribution is -0.141. The molecule has 7 nitrogen and oxygen atoms in total. The predicted octanol–water partition coefficient (Wildman–Crippen LogP) is 4.07. The van der Waals surface area contributed by atoms with Crippen LogP contribution in [0.5, 0.6) is 11.5 Å². The van der Waals surface area contributed by atoms with E-state index in [-0.39, 0.29) is 5.91 Å². The Morgan fingerprint density at radius 2 is 1.73 bits per heavy atom. The molecule has 1 saturated carbocycles. The lowest BCUT2D eigenvalue weighted by Gasteiger charge is -2.49. The van der Waals surface area contributed by atoms with Crippen LogP contribution in [0.15, 0.2) is 18.2 Å². The molecule has 3 aliphatic rings. The van der Waals surface area contributed by atoms with Crippen molar-refractivity contribution in [3.05, 3.63) is 18.2 Å². The molecule has 2 heterocycles. The molecular weight excluding hydrogens is 418 g/mol. The molecule has 1 aromatic rings. The van der Waals surface area contributed by atoms with Gasteiger partial charge in [0, 0.05) is 36.5 Å². The third-order valence-corrected chi connectivity index (χ3v) is 8.05. The molecule has 2 saturated heterocycles. The van der Waals surface area contributed by atoms with Crippen molar-refractivity contribution >= 4 is 18.0 Å². The fourth-order valence-electron chi connectivity index (χ4n) is 6.27. The van der Waals surface area contributed by atoms with E-state index >= 15 is 0 Å². The van der Waals surface area contributed by atoms with Gasteiger partial charge in [-0.2, -0.15) is 0 Å². The van der Waals surface area contributed by atoms with Crippen LogP contribution in [0, 0.1) is 5.92 Å². The minimum absolute atomic E-state index is 0.0964. The van der Waals surface area contributed by atoms with Crippen molar-refractivity contribution in [1.29, 1.82) is 0 Å². The number of nitrogens with one attached hydrogen (secondary N) is 1. The van der Waals surface area contributed by atoms with Gasteiger partial charge in [-0.1, -0.05) is 25.7 Å². The van der Waals surface area contributed by atoms with Crippen molar-refractivity contribution in [2.24, 2.45) is 5.92 Å². The summed E-state index contributed by atoms with van der Waals surface area (Å²) in [6.45, 7) is 3.01. The number of carbonyl (C=O) groups excluding carboxylic acids is 2. The lowest BCUT2D eigenvalue weighted by atomic mass is 9.77. The van der Waals surface area contributed by atoms with Crippen LogP contribution in [0.4, 0.5) is 5.69 Å². The normalized spacial score (nSPS) is 24.9. The molecule has 7 heteroatoms. The van der Waals surface area contributed by atoms with Crippen molar-refractivity contribution < 1.29 is 19.1 Å². The second-order valence-corrected chi connectivity index (χ2v) is 9.91. The van der Waals surface area contributed by atoms with Crippen LogP contribution in [0.2, 0.25) is 0 Å². The zero-order valence-corrected chi connectivity index (χ0v) is 20.2. The molecule has 1 aromatic carbocycles. The smallest absolute Gasteiger partial charge is 0.250 e. The highest BCUT2D eigenvalue weighted by atomic mass is 16.5. The van der Waals surface area contributed by atoms with Gasteiger partial charge < -0.3 is 24.6 Å². The standard InChI is InChI=1S/C26H39N3O4/c1-32-22-15-21(16-23(17-22)33-2)27-25(31)26(11-5-3-6-12-26)29(19-30)18-20-9-8-14-28-13-7-4-10-24(20)28/h15-17,19-20,24H,3-14,18H2,1-2H3,(H,27,31)/t20-,24+/m0/s1. The van der Waals surface area contributed by atoms with Gasteiger partial charge in [-0.15, -0.1) is 0 Å². The van der Waals surface area contributed by atoms with Crippen molar-refractivity contribution in [1.82, 2.24) is 9.80 Å². The summed E-state index contributed by atoms with van der Waals surface area (Å²) in [4.78, 5) is 30.8. The van der Waals surface area contributed by atoms with Crippen molar-refractivity contribution in [3.63, 3.8) is 0 Å². The second kappa shape index (κ2) is 10.8. The van der Waals surface area contributed by atoms with Crippen LogP contribution in [-0.4, -0.2) is 67.6 Å². The summed E-state index contributed by atoms with van der Waals surface area (Å²) in [5.41, 5.74) is -0.170. The summed E-state index contributed by atoms with van der Waals surface area (Å²) < 4.78 is 10.7. The van der Waals surface area contributed by atoms with Gasteiger partial charge in [-0.3, -0.25) is 9.59 Å². The van der Waals surface area contributed by atoms with Gasteiger partial charge in [0.15, 0.2) is 0 Å². The molecule has 0 unspecified atom stereocenters. The maximum Gasteiger partial charge on any atom is 0.250 e. The number of fused-ring (bicyclic) bond motifs is 1. The van der Waals surface area contributed by atoms with Crippen molar-refractivity contribution in [3.8, 4) is 11.5 Å². The van der Waals surface area contributed by atoms with Crippen LogP contribution in [0.25, 0.3) is 0 Å². The Kier molecular flexibility index (Phi) is 7.78. The topological polar surface area (TPSA) is 71.1 Å².